The van der Waals surface area contributed by atoms with Crippen LogP contribution in [0.3, 0.4) is 0 Å². The highest BCUT2D eigenvalue weighted by molar-refractivity contribution is 6.04. The third-order valence-corrected chi connectivity index (χ3v) is 3.08. The van der Waals surface area contributed by atoms with E-state index in [9.17, 15) is 19.3 Å². The lowest BCUT2D eigenvalue weighted by Crippen LogP contribution is -2.15. The third-order valence-electron chi connectivity index (χ3n) is 3.08. The van der Waals surface area contributed by atoms with Crippen molar-refractivity contribution >= 4 is 17.5 Å². The zero-order valence-electron chi connectivity index (χ0n) is 11.6. The number of halogens is 1. The summed E-state index contributed by atoms with van der Waals surface area (Å²) >= 11 is 0. The molecule has 0 unspecified atom stereocenters. The molecule has 1 heterocycles. The largest absolute Gasteiger partial charge is 0.338 e. The van der Waals surface area contributed by atoms with Crippen molar-refractivity contribution in [2.24, 2.45) is 0 Å². The quantitative estimate of drug-likeness (QED) is 0.693. The molecule has 110 valence electrons. The number of anilines is 1. The normalized spacial score (nSPS) is 10.5. The summed E-state index contributed by atoms with van der Waals surface area (Å²) in [6, 6.07) is 1.95. The Morgan fingerprint density at radius 3 is 2.57 bits per heavy atom. The highest BCUT2D eigenvalue weighted by Gasteiger charge is 2.21. The molecule has 21 heavy (non-hydrogen) atoms. The summed E-state index contributed by atoms with van der Waals surface area (Å²) in [6.45, 7) is 4.71. The van der Waals surface area contributed by atoms with Crippen LogP contribution in [0.15, 0.2) is 16.7 Å². The Morgan fingerprint density at radius 2 is 2.05 bits per heavy atom. The Morgan fingerprint density at radius 1 is 1.38 bits per heavy atom. The molecular formula is C13H12FN3O4. The average Bonchev–Trinajstić information content (AvgIpc) is 2.73. The molecule has 0 aliphatic heterocycles. The van der Waals surface area contributed by atoms with Crippen molar-refractivity contribution in [1.82, 2.24) is 5.16 Å². The maximum Gasteiger partial charge on any atom is 0.270 e. The van der Waals surface area contributed by atoms with Crippen LogP contribution in [-0.2, 0) is 0 Å². The summed E-state index contributed by atoms with van der Waals surface area (Å²) in [5.41, 5.74) is 0.423. The first kappa shape index (κ1) is 14.6. The second-order valence-electron chi connectivity index (χ2n) is 4.56. The molecule has 2 rings (SSSR count). The van der Waals surface area contributed by atoms with Crippen LogP contribution in [0.5, 0.6) is 0 Å². The Kier molecular flexibility index (Phi) is 3.70. The van der Waals surface area contributed by atoms with Crippen molar-refractivity contribution in [1.29, 1.82) is 0 Å². The molecule has 0 saturated carbocycles. The van der Waals surface area contributed by atoms with E-state index in [-0.39, 0.29) is 17.1 Å². The molecule has 1 aromatic carbocycles. The molecule has 1 aromatic heterocycles. The number of hydrogen-bond donors (Lipinski definition) is 1. The van der Waals surface area contributed by atoms with Crippen LogP contribution >= 0.6 is 0 Å². The van der Waals surface area contributed by atoms with Gasteiger partial charge in [-0.3, -0.25) is 20.2 Å². The first-order valence-corrected chi connectivity index (χ1v) is 6.00. The van der Waals surface area contributed by atoms with Gasteiger partial charge in [0.05, 0.1) is 16.2 Å². The minimum atomic E-state index is -0.835. The summed E-state index contributed by atoms with van der Waals surface area (Å²) in [5, 5.41) is 16.8. The number of rotatable bonds is 3. The number of amides is 1. The molecule has 1 amide bonds. The third kappa shape index (κ3) is 2.73. The van der Waals surface area contributed by atoms with Crippen molar-refractivity contribution < 1.29 is 18.6 Å². The highest BCUT2D eigenvalue weighted by Crippen LogP contribution is 2.23. The van der Waals surface area contributed by atoms with E-state index < -0.39 is 22.2 Å². The van der Waals surface area contributed by atoms with Gasteiger partial charge in [0.1, 0.15) is 5.82 Å². The molecule has 7 nitrogen and oxygen atoms in total. The van der Waals surface area contributed by atoms with Gasteiger partial charge in [-0.1, -0.05) is 5.16 Å². The summed E-state index contributed by atoms with van der Waals surface area (Å²) in [4.78, 5) is 22.2. The molecule has 0 radical (unpaired) electrons. The van der Waals surface area contributed by atoms with E-state index in [0.717, 1.165) is 12.1 Å². The van der Waals surface area contributed by atoms with Crippen molar-refractivity contribution in [3.8, 4) is 0 Å². The van der Waals surface area contributed by atoms with Crippen LogP contribution in [0.2, 0.25) is 0 Å². The van der Waals surface area contributed by atoms with E-state index in [1.165, 1.54) is 6.92 Å². The number of hydrogen-bond acceptors (Lipinski definition) is 5. The zero-order chi connectivity index (χ0) is 15.7. The van der Waals surface area contributed by atoms with Gasteiger partial charge in [0.15, 0.2) is 0 Å². The van der Waals surface area contributed by atoms with Crippen molar-refractivity contribution in [3.63, 3.8) is 0 Å². The van der Waals surface area contributed by atoms with E-state index in [2.05, 4.69) is 10.5 Å². The maximum absolute atomic E-state index is 14.0. The first-order valence-electron chi connectivity index (χ1n) is 6.00. The van der Waals surface area contributed by atoms with Crippen LogP contribution in [0, 0.1) is 36.7 Å². The predicted octanol–water partition coefficient (Wildman–Crippen LogP) is 2.90. The molecule has 0 fully saturated rings. The lowest BCUT2D eigenvalue weighted by Gasteiger charge is -2.06. The van der Waals surface area contributed by atoms with Gasteiger partial charge in [-0.2, -0.15) is 0 Å². The van der Waals surface area contributed by atoms with Gasteiger partial charge in [-0.15, -0.1) is 0 Å². The standard InChI is InChI=1S/C13H12FN3O4/c1-6-4-9(17(19)20)5-10(11(6)14)12(18)15-13-7(2)8(3)16-21-13/h4-5H,1-3H3,(H,15,18). The summed E-state index contributed by atoms with van der Waals surface area (Å²) in [7, 11) is 0. The van der Waals surface area contributed by atoms with Gasteiger partial charge in [0.25, 0.3) is 11.6 Å². The smallest absolute Gasteiger partial charge is 0.270 e. The molecule has 8 heteroatoms. The number of carbonyl (C=O) groups excluding carboxylic acids is 1. The summed E-state index contributed by atoms with van der Waals surface area (Å²) in [6.07, 6.45) is 0. The maximum atomic E-state index is 14.0. The predicted molar refractivity (Wildman–Crippen MR) is 71.7 cm³/mol. The van der Waals surface area contributed by atoms with E-state index in [1.807, 2.05) is 0 Å². The number of nitrogens with one attached hydrogen (secondary N) is 1. The van der Waals surface area contributed by atoms with Crippen molar-refractivity contribution in [3.05, 3.63) is 50.4 Å². The van der Waals surface area contributed by atoms with Gasteiger partial charge in [0, 0.05) is 17.7 Å². The number of aryl methyl sites for hydroxylation is 2. The molecule has 2 aromatic rings. The van der Waals surface area contributed by atoms with Crippen molar-refractivity contribution in [2.75, 3.05) is 5.32 Å². The molecular weight excluding hydrogens is 281 g/mol. The van der Waals surface area contributed by atoms with E-state index in [0.29, 0.717) is 11.3 Å². The second-order valence-corrected chi connectivity index (χ2v) is 4.56. The second kappa shape index (κ2) is 5.31. The Hall–Kier alpha value is -2.77. The van der Waals surface area contributed by atoms with Crippen molar-refractivity contribution in [2.45, 2.75) is 20.8 Å². The Labute approximate surface area is 118 Å². The fourth-order valence-corrected chi connectivity index (χ4v) is 1.72. The Bertz CT molecular complexity index is 739. The van der Waals surface area contributed by atoms with Gasteiger partial charge < -0.3 is 4.52 Å². The molecule has 0 spiro atoms. The minimum absolute atomic E-state index is 0.0137. The highest BCUT2D eigenvalue weighted by atomic mass is 19.1. The zero-order valence-corrected chi connectivity index (χ0v) is 11.6. The minimum Gasteiger partial charge on any atom is -0.338 e. The van der Waals surface area contributed by atoms with Gasteiger partial charge >= 0.3 is 0 Å². The Balaban J connectivity index is 2.39. The fraction of sp³-hybridized carbons (Fsp3) is 0.231. The van der Waals surface area contributed by atoms with Crippen LogP contribution < -0.4 is 5.32 Å². The molecule has 0 bridgehead atoms. The van der Waals surface area contributed by atoms with Gasteiger partial charge in [0.2, 0.25) is 5.88 Å². The number of nitrogens with zero attached hydrogens (tertiary/aromatic N) is 2. The summed E-state index contributed by atoms with van der Waals surface area (Å²) < 4.78 is 18.9. The molecule has 1 N–H and O–H groups in total. The number of carbonyl (C=O) groups is 1. The van der Waals surface area contributed by atoms with Crippen LogP contribution in [-0.4, -0.2) is 16.0 Å². The summed E-state index contributed by atoms with van der Waals surface area (Å²) in [5.74, 6) is -1.56. The fourth-order valence-electron chi connectivity index (χ4n) is 1.72. The molecule has 0 saturated heterocycles. The van der Waals surface area contributed by atoms with Crippen LogP contribution in [0.1, 0.15) is 27.2 Å². The van der Waals surface area contributed by atoms with Crippen LogP contribution in [0.4, 0.5) is 16.0 Å². The van der Waals surface area contributed by atoms with Gasteiger partial charge in [-0.25, -0.2) is 4.39 Å². The lowest BCUT2D eigenvalue weighted by molar-refractivity contribution is -0.385. The molecule has 0 atom stereocenters. The van der Waals surface area contributed by atoms with E-state index in [4.69, 9.17) is 4.52 Å². The van der Waals surface area contributed by atoms with E-state index in [1.54, 1.807) is 13.8 Å². The number of non-ortho nitro benzene ring substituents is 1. The number of benzene rings is 1. The monoisotopic (exact) mass is 293 g/mol. The molecule has 0 aliphatic carbocycles. The lowest BCUT2D eigenvalue weighted by atomic mass is 10.1. The van der Waals surface area contributed by atoms with Crippen LogP contribution in [0.25, 0.3) is 0 Å². The molecule has 0 aliphatic rings. The number of nitro benzene ring substituents is 1. The SMILES string of the molecule is Cc1cc([N+](=O)[O-])cc(C(=O)Nc2onc(C)c2C)c1F. The number of aromatic nitrogens is 1. The number of nitro groups is 1. The average molecular weight is 293 g/mol. The van der Waals surface area contributed by atoms with Gasteiger partial charge in [-0.05, 0) is 26.3 Å². The topological polar surface area (TPSA) is 98.3 Å². The van der Waals surface area contributed by atoms with E-state index >= 15 is 0 Å². The first-order chi connectivity index (χ1) is 9.81.